The van der Waals surface area contributed by atoms with Gasteiger partial charge in [-0.15, -0.1) is 0 Å². The number of carbonyl (C=O) groups is 1. The fourth-order valence-electron chi connectivity index (χ4n) is 2.95. The van der Waals surface area contributed by atoms with E-state index in [9.17, 15) is 15.3 Å². The van der Waals surface area contributed by atoms with Gasteiger partial charge in [-0.3, -0.25) is 0 Å². The maximum absolute atomic E-state index is 15.2. The molecule has 0 radical (unpaired) electrons. The van der Waals surface area contributed by atoms with Gasteiger partial charge in [-0.2, -0.15) is 10.5 Å². The van der Waals surface area contributed by atoms with Gasteiger partial charge in [0.05, 0.1) is 23.8 Å². The van der Waals surface area contributed by atoms with Crippen LogP contribution in [0.3, 0.4) is 0 Å². The van der Waals surface area contributed by atoms with Crippen LogP contribution >= 0.6 is 0 Å². The molecule has 0 aliphatic carbocycles. The number of allylic oxidation sites excluding steroid dienone is 2. The normalized spacial score (nSPS) is 16.3. The average Bonchev–Trinajstić information content (AvgIpc) is 2.60. The highest BCUT2D eigenvalue weighted by Gasteiger charge is 2.38. The average molecular weight is 370 g/mol. The summed E-state index contributed by atoms with van der Waals surface area (Å²) in [5, 5.41) is 18.9. The van der Waals surface area contributed by atoms with E-state index in [4.69, 9.17) is 15.2 Å². The van der Waals surface area contributed by atoms with Crippen molar-refractivity contribution in [3.05, 3.63) is 51.9 Å². The lowest BCUT2D eigenvalue weighted by Crippen LogP contribution is -2.26. The molecule has 140 valence electrons. The van der Waals surface area contributed by atoms with E-state index in [-0.39, 0.29) is 40.5 Å². The molecule has 1 atom stereocenters. The number of halogens is 1. The van der Waals surface area contributed by atoms with Gasteiger partial charge < -0.3 is 20.1 Å². The van der Waals surface area contributed by atoms with E-state index in [2.05, 4.69) is 0 Å². The quantitative estimate of drug-likeness (QED) is 0.810. The minimum Gasteiger partial charge on any atom is -0.463 e. The zero-order chi connectivity index (χ0) is 20.3. The van der Waals surface area contributed by atoms with Crippen molar-refractivity contribution in [2.75, 3.05) is 25.6 Å². The molecule has 7 nitrogen and oxygen atoms in total. The van der Waals surface area contributed by atoms with E-state index >= 15 is 4.39 Å². The molecule has 1 heterocycles. The second-order valence-electron chi connectivity index (χ2n) is 5.98. The Kier molecular flexibility index (Phi) is 5.72. The van der Waals surface area contributed by atoms with Gasteiger partial charge in [0.1, 0.15) is 34.9 Å². The minimum absolute atomic E-state index is 0.0250. The standard InChI is InChI=1S/C19H19FN4O3/c1-5-26-19(25)15-10(2)27-18(23)13(9-22)16(15)11-6-7-14(24(3)4)12(8-21)17(11)20/h6-7,16H,5,23H2,1-4H3. The first-order chi connectivity index (χ1) is 12.8. The Balaban J connectivity index is 2.78. The molecule has 2 N–H and O–H groups in total. The van der Waals surface area contributed by atoms with Gasteiger partial charge in [0.2, 0.25) is 5.88 Å². The lowest BCUT2D eigenvalue weighted by atomic mass is 9.82. The highest BCUT2D eigenvalue weighted by Crippen LogP contribution is 2.42. The van der Waals surface area contributed by atoms with Crippen LogP contribution in [0.25, 0.3) is 0 Å². The zero-order valence-electron chi connectivity index (χ0n) is 15.5. The Labute approximate surface area is 156 Å². The van der Waals surface area contributed by atoms with Crippen molar-refractivity contribution in [1.29, 1.82) is 10.5 Å². The Bertz CT molecular complexity index is 935. The van der Waals surface area contributed by atoms with E-state index in [0.29, 0.717) is 5.69 Å². The number of nitriles is 2. The molecular weight excluding hydrogens is 351 g/mol. The summed E-state index contributed by atoms with van der Waals surface area (Å²) in [6.45, 7) is 3.20. The van der Waals surface area contributed by atoms with Crippen LogP contribution in [-0.4, -0.2) is 26.7 Å². The molecule has 8 heteroatoms. The van der Waals surface area contributed by atoms with E-state index in [1.165, 1.54) is 13.0 Å². The van der Waals surface area contributed by atoms with Gasteiger partial charge >= 0.3 is 5.97 Å². The van der Waals surface area contributed by atoms with Gasteiger partial charge in [-0.25, -0.2) is 9.18 Å². The minimum atomic E-state index is -1.13. The number of hydrogen-bond donors (Lipinski definition) is 1. The molecule has 0 spiro atoms. The van der Waals surface area contributed by atoms with Crippen LogP contribution in [0, 0.1) is 28.5 Å². The largest absolute Gasteiger partial charge is 0.463 e. The maximum Gasteiger partial charge on any atom is 0.338 e. The second kappa shape index (κ2) is 7.79. The Morgan fingerprint density at radius 1 is 1.37 bits per heavy atom. The third kappa shape index (κ3) is 3.42. The molecular formula is C19H19FN4O3. The number of hydrogen-bond acceptors (Lipinski definition) is 7. The number of esters is 1. The number of anilines is 1. The van der Waals surface area contributed by atoms with E-state index in [1.54, 1.807) is 32.0 Å². The van der Waals surface area contributed by atoms with Crippen molar-refractivity contribution in [2.45, 2.75) is 19.8 Å². The lowest BCUT2D eigenvalue weighted by Gasteiger charge is -2.27. The highest BCUT2D eigenvalue weighted by atomic mass is 19.1. The summed E-state index contributed by atoms with van der Waals surface area (Å²) in [6, 6.07) is 6.70. The van der Waals surface area contributed by atoms with Crippen molar-refractivity contribution < 1.29 is 18.7 Å². The van der Waals surface area contributed by atoms with Crippen molar-refractivity contribution in [3.63, 3.8) is 0 Å². The second-order valence-corrected chi connectivity index (χ2v) is 5.98. The van der Waals surface area contributed by atoms with Crippen molar-refractivity contribution in [2.24, 2.45) is 5.73 Å². The first-order valence-electron chi connectivity index (χ1n) is 8.13. The monoisotopic (exact) mass is 370 g/mol. The summed E-state index contributed by atoms with van der Waals surface area (Å²) < 4.78 is 25.6. The topological polar surface area (TPSA) is 112 Å². The number of rotatable bonds is 4. The van der Waals surface area contributed by atoms with E-state index in [1.807, 2.05) is 12.1 Å². The summed E-state index contributed by atoms with van der Waals surface area (Å²) >= 11 is 0. The smallest absolute Gasteiger partial charge is 0.338 e. The summed E-state index contributed by atoms with van der Waals surface area (Å²) in [4.78, 5) is 14.1. The predicted octanol–water partition coefficient (Wildman–Crippen LogP) is 2.41. The molecule has 0 aromatic heterocycles. The lowest BCUT2D eigenvalue weighted by molar-refractivity contribution is -0.139. The fourth-order valence-corrected chi connectivity index (χ4v) is 2.95. The highest BCUT2D eigenvalue weighted by molar-refractivity contribution is 5.92. The van der Waals surface area contributed by atoms with Crippen LogP contribution in [0.1, 0.15) is 30.9 Å². The molecule has 27 heavy (non-hydrogen) atoms. The number of ether oxygens (including phenoxy) is 2. The van der Waals surface area contributed by atoms with Gasteiger partial charge in [-0.1, -0.05) is 6.07 Å². The van der Waals surface area contributed by atoms with Crippen LogP contribution < -0.4 is 10.6 Å². The molecule has 2 rings (SSSR count). The van der Waals surface area contributed by atoms with E-state index in [0.717, 1.165) is 0 Å². The zero-order valence-corrected chi connectivity index (χ0v) is 15.5. The Morgan fingerprint density at radius 2 is 2.04 bits per heavy atom. The van der Waals surface area contributed by atoms with Crippen LogP contribution in [0.15, 0.2) is 34.9 Å². The summed E-state index contributed by atoms with van der Waals surface area (Å²) in [6.07, 6.45) is 0. The third-order valence-corrected chi connectivity index (χ3v) is 4.16. The molecule has 0 saturated carbocycles. The maximum atomic E-state index is 15.2. The molecule has 1 unspecified atom stereocenters. The molecule has 1 aliphatic heterocycles. The van der Waals surface area contributed by atoms with Crippen molar-refractivity contribution in [3.8, 4) is 12.1 Å². The molecule has 1 aliphatic rings. The predicted molar refractivity (Wildman–Crippen MR) is 95.4 cm³/mol. The first kappa shape index (κ1) is 19.8. The molecule has 0 fully saturated rings. The van der Waals surface area contributed by atoms with Crippen molar-refractivity contribution >= 4 is 11.7 Å². The summed E-state index contributed by atoms with van der Waals surface area (Å²) in [5.41, 5.74) is 5.80. The molecule has 1 aromatic rings. The Morgan fingerprint density at radius 3 is 2.56 bits per heavy atom. The molecule has 0 amide bonds. The van der Waals surface area contributed by atoms with Crippen molar-refractivity contribution in [1.82, 2.24) is 0 Å². The van der Waals surface area contributed by atoms with Crippen LogP contribution in [0.5, 0.6) is 0 Å². The first-order valence-corrected chi connectivity index (χ1v) is 8.13. The van der Waals surface area contributed by atoms with Gasteiger partial charge in [0.15, 0.2) is 0 Å². The molecule has 0 saturated heterocycles. The molecule has 1 aromatic carbocycles. The number of nitrogens with zero attached hydrogens (tertiary/aromatic N) is 3. The van der Waals surface area contributed by atoms with Crippen LogP contribution in [0.4, 0.5) is 10.1 Å². The number of carbonyl (C=O) groups excluding carboxylic acids is 1. The summed E-state index contributed by atoms with van der Waals surface area (Å²) in [5.74, 6) is -2.81. The molecule has 0 bridgehead atoms. The number of benzene rings is 1. The van der Waals surface area contributed by atoms with Gasteiger partial charge in [0.25, 0.3) is 0 Å². The van der Waals surface area contributed by atoms with Gasteiger partial charge in [-0.05, 0) is 19.9 Å². The van der Waals surface area contributed by atoms with Gasteiger partial charge in [0, 0.05) is 19.7 Å². The number of nitrogens with two attached hydrogens (primary N) is 1. The van der Waals surface area contributed by atoms with Crippen LogP contribution in [-0.2, 0) is 14.3 Å². The summed E-state index contributed by atoms with van der Waals surface area (Å²) in [7, 11) is 3.35. The SMILES string of the molecule is CCOC(=O)C1=C(C)OC(N)=C(C#N)C1c1ccc(N(C)C)c(C#N)c1F. The Hall–Kier alpha value is -3.52. The third-order valence-electron chi connectivity index (χ3n) is 4.16. The van der Waals surface area contributed by atoms with Crippen LogP contribution in [0.2, 0.25) is 0 Å². The van der Waals surface area contributed by atoms with E-state index < -0.39 is 17.7 Å². The fraction of sp³-hybridized carbons (Fsp3) is 0.316.